The number of aliphatic imine (C=N–C) groups is 1. The van der Waals surface area contributed by atoms with E-state index in [9.17, 15) is 0 Å². The standard InChI is InChI=1S/C11H15NO/c1-3-12-11(8-13)10-7-5-4-6-9(10)2/h4-7,13H,3,8H2,1-2H3. The molecule has 0 saturated heterocycles. The van der Waals surface area contributed by atoms with Gasteiger partial charge in [0.05, 0.1) is 12.3 Å². The van der Waals surface area contributed by atoms with Gasteiger partial charge < -0.3 is 5.11 Å². The number of benzene rings is 1. The first-order valence-corrected chi connectivity index (χ1v) is 4.49. The second kappa shape index (κ2) is 4.77. The van der Waals surface area contributed by atoms with Gasteiger partial charge in [0.25, 0.3) is 0 Å². The molecule has 1 aromatic rings. The van der Waals surface area contributed by atoms with Crippen LogP contribution < -0.4 is 0 Å². The van der Waals surface area contributed by atoms with Gasteiger partial charge in [-0.05, 0) is 19.4 Å². The summed E-state index contributed by atoms with van der Waals surface area (Å²) in [5, 5.41) is 9.10. The maximum atomic E-state index is 9.10. The zero-order chi connectivity index (χ0) is 9.68. The average Bonchev–Trinajstić information content (AvgIpc) is 2.16. The number of hydrogen-bond acceptors (Lipinski definition) is 2. The smallest absolute Gasteiger partial charge is 0.0854 e. The molecule has 0 fully saturated rings. The van der Waals surface area contributed by atoms with E-state index < -0.39 is 0 Å². The fraction of sp³-hybridized carbons (Fsp3) is 0.364. The van der Waals surface area contributed by atoms with Crippen molar-refractivity contribution in [2.24, 2.45) is 4.99 Å². The van der Waals surface area contributed by atoms with Crippen LogP contribution in [0.5, 0.6) is 0 Å². The summed E-state index contributed by atoms with van der Waals surface area (Å²) in [6, 6.07) is 7.96. The molecule has 0 saturated carbocycles. The lowest BCUT2D eigenvalue weighted by Crippen LogP contribution is -2.08. The van der Waals surface area contributed by atoms with Crippen molar-refractivity contribution in [3.63, 3.8) is 0 Å². The fourth-order valence-corrected chi connectivity index (χ4v) is 1.31. The third kappa shape index (κ3) is 2.39. The minimum absolute atomic E-state index is 0.0126. The molecule has 0 aliphatic rings. The average molecular weight is 177 g/mol. The van der Waals surface area contributed by atoms with E-state index in [0.29, 0.717) is 6.54 Å². The number of nitrogens with zero attached hydrogens (tertiary/aromatic N) is 1. The molecule has 0 amide bonds. The second-order valence-electron chi connectivity index (χ2n) is 2.89. The number of aryl methyl sites for hydroxylation is 1. The lowest BCUT2D eigenvalue weighted by molar-refractivity contribution is 0.357. The van der Waals surface area contributed by atoms with Crippen LogP contribution in [0, 0.1) is 6.92 Å². The Morgan fingerprint density at radius 2 is 2.08 bits per heavy atom. The highest BCUT2D eigenvalue weighted by Crippen LogP contribution is 2.08. The summed E-state index contributed by atoms with van der Waals surface area (Å²) >= 11 is 0. The predicted molar refractivity (Wildman–Crippen MR) is 55.3 cm³/mol. The molecule has 1 N–H and O–H groups in total. The molecule has 0 atom stereocenters. The normalized spacial score (nSPS) is 11.8. The monoisotopic (exact) mass is 177 g/mol. The van der Waals surface area contributed by atoms with Crippen molar-refractivity contribution in [2.45, 2.75) is 13.8 Å². The van der Waals surface area contributed by atoms with Crippen LogP contribution in [0.1, 0.15) is 18.1 Å². The summed E-state index contributed by atoms with van der Waals surface area (Å²) in [6.07, 6.45) is 0. The number of aliphatic hydroxyl groups excluding tert-OH is 1. The Bertz CT molecular complexity index is 305. The van der Waals surface area contributed by atoms with Gasteiger partial charge >= 0.3 is 0 Å². The first-order valence-electron chi connectivity index (χ1n) is 4.49. The van der Waals surface area contributed by atoms with E-state index in [4.69, 9.17) is 5.11 Å². The van der Waals surface area contributed by atoms with Crippen LogP contribution in [-0.4, -0.2) is 24.0 Å². The molecule has 0 aromatic heterocycles. The SMILES string of the molecule is CCN=C(CO)c1ccccc1C. The Hall–Kier alpha value is -1.15. The summed E-state index contributed by atoms with van der Waals surface area (Å²) in [5.74, 6) is 0. The number of aliphatic hydroxyl groups is 1. The van der Waals surface area contributed by atoms with Crippen molar-refractivity contribution in [3.8, 4) is 0 Å². The Labute approximate surface area is 78.9 Å². The minimum Gasteiger partial charge on any atom is -0.390 e. The van der Waals surface area contributed by atoms with E-state index >= 15 is 0 Å². The molecule has 0 bridgehead atoms. The van der Waals surface area contributed by atoms with Crippen molar-refractivity contribution >= 4 is 5.71 Å². The highest BCUT2D eigenvalue weighted by Gasteiger charge is 2.03. The molecule has 1 aromatic carbocycles. The van der Waals surface area contributed by atoms with Crippen LogP contribution >= 0.6 is 0 Å². The first-order chi connectivity index (χ1) is 6.29. The molecule has 0 aliphatic carbocycles. The first kappa shape index (κ1) is 9.93. The third-order valence-electron chi connectivity index (χ3n) is 1.95. The van der Waals surface area contributed by atoms with Gasteiger partial charge in [-0.3, -0.25) is 4.99 Å². The quantitative estimate of drug-likeness (QED) is 0.701. The van der Waals surface area contributed by atoms with Gasteiger partial charge in [-0.15, -0.1) is 0 Å². The van der Waals surface area contributed by atoms with Gasteiger partial charge in [-0.1, -0.05) is 24.3 Å². The zero-order valence-electron chi connectivity index (χ0n) is 8.12. The number of hydrogen-bond donors (Lipinski definition) is 1. The molecule has 1 rings (SSSR count). The Kier molecular flexibility index (Phi) is 3.65. The van der Waals surface area contributed by atoms with Crippen LogP contribution in [0.4, 0.5) is 0 Å². The summed E-state index contributed by atoms with van der Waals surface area (Å²) in [5.41, 5.74) is 2.98. The molecule has 0 spiro atoms. The topological polar surface area (TPSA) is 32.6 Å². The Balaban J connectivity index is 3.05. The van der Waals surface area contributed by atoms with E-state index in [1.165, 1.54) is 0 Å². The second-order valence-corrected chi connectivity index (χ2v) is 2.89. The maximum Gasteiger partial charge on any atom is 0.0854 e. The molecule has 0 radical (unpaired) electrons. The Morgan fingerprint density at radius 3 is 2.62 bits per heavy atom. The van der Waals surface area contributed by atoms with Crippen molar-refractivity contribution < 1.29 is 5.11 Å². The van der Waals surface area contributed by atoms with Gasteiger partial charge in [0.1, 0.15) is 0 Å². The highest BCUT2D eigenvalue weighted by molar-refractivity contribution is 6.02. The number of rotatable bonds is 3. The highest BCUT2D eigenvalue weighted by atomic mass is 16.3. The van der Waals surface area contributed by atoms with Gasteiger partial charge in [-0.25, -0.2) is 0 Å². The van der Waals surface area contributed by atoms with Crippen LogP contribution in [0.3, 0.4) is 0 Å². The van der Waals surface area contributed by atoms with Crippen LogP contribution in [0.15, 0.2) is 29.3 Å². The van der Waals surface area contributed by atoms with Gasteiger partial charge in [-0.2, -0.15) is 0 Å². The Morgan fingerprint density at radius 1 is 1.38 bits per heavy atom. The van der Waals surface area contributed by atoms with E-state index in [-0.39, 0.29) is 6.61 Å². The van der Waals surface area contributed by atoms with E-state index in [1.807, 2.05) is 38.1 Å². The molecule has 0 aliphatic heterocycles. The van der Waals surface area contributed by atoms with Crippen molar-refractivity contribution in [2.75, 3.05) is 13.2 Å². The van der Waals surface area contributed by atoms with Gasteiger partial charge in [0.15, 0.2) is 0 Å². The van der Waals surface area contributed by atoms with E-state index in [0.717, 1.165) is 16.8 Å². The summed E-state index contributed by atoms with van der Waals surface area (Å²) in [4.78, 5) is 4.24. The van der Waals surface area contributed by atoms with Gasteiger partial charge in [0, 0.05) is 12.1 Å². The third-order valence-corrected chi connectivity index (χ3v) is 1.95. The molecule has 2 nitrogen and oxygen atoms in total. The minimum atomic E-state index is 0.0126. The molecular formula is C11H15NO. The molecule has 0 heterocycles. The molecular weight excluding hydrogens is 162 g/mol. The molecule has 70 valence electrons. The summed E-state index contributed by atoms with van der Waals surface area (Å²) in [7, 11) is 0. The summed E-state index contributed by atoms with van der Waals surface area (Å²) in [6.45, 7) is 4.72. The van der Waals surface area contributed by atoms with Crippen molar-refractivity contribution in [1.82, 2.24) is 0 Å². The maximum absolute atomic E-state index is 9.10. The van der Waals surface area contributed by atoms with Crippen LogP contribution in [0.2, 0.25) is 0 Å². The molecule has 2 heteroatoms. The van der Waals surface area contributed by atoms with E-state index in [1.54, 1.807) is 0 Å². The van der Waals surface area contributed by atoms with Gasteiger partial charge in [0.2, 0.25) is 0 Å². The molecule has 13 heavy (non-hydrogen) atoms. The predicted octanol–water partition coefficient (Wildman–Crippen LogP) is 1.80. The van der Waals surface area contributed by atoms with Crippen molar-refractivity contribution in [1.29, 1.82) is 0 Å². The van der Waals surface area contributed by atoms with Crippen LogP contribution in [-0.2, 0) is 0 Å². The largest absolute Gasteiger partial charge is 0.390 e. The van der Waals surface area contributed by atoms with E-state index in [2.05, 4.69) is 4.99 Å². The molecule has 0 unspecified atom stereocenters. The van der Waals surface area contributed by atoms with Crippen LogP contribution in [0.25, 0.3) is 0 Å². The van der Waals surface area contributed by atoms with Crippen molar-refractivity contribution in [3.05, 3.63) is 35.4 Å². The lowest BCUT2D eigenvalue weighted by atomic mass is 10.0. The summed E-state index contributed by atoms with van der Waals surface area (Å²) < 4.78 is 0. The fourth-order valence-electron chi connectivity index (χ4n) is 1.31. The zero-order valence-corrected chi connectivity index (χ0v) is 8.12. The lowest BCUT2D eigenvalue weighted by Gasteiger charge is -2.06.